The number of carbonyl (C=O) groups is 3. The van der Waals surface area contributed by atoms with Crippen molar-refractivity contribution in [1.82, 2.24) is 0 Å². The first-order valence-electron chi connectivity index (χ1n) is 10.2. The van der Waals surface area contributed by atoms with E-state index in [1.54, 1.807) is 49.4 Å². The van der Waals surface area contributed by atoms with E-state index in [-0.39, 0.29) is 17.4 Å². The van der Waals surface area contributed by atoms with E-state index in [9.17, 15) is 14.4 Å². The fraction of sp³-hybridized carbons (Fsp3) is 0.160. The average molecular weight is 481 g/mol. The molecule has 176 valence electrons. The zero-order chi connectivity index (χ0) is 24.7. The van der Waals surface area contributed by atoms with Crippen LogP contribution >= 0.6 is 11.8 Å². The molecule has 9 heteroatoms. The van der Waals surface area contributed by atoms with Gasteiger partial charge in [-0.3, -0.25) is 9.59 Å². The van der Waals surface area contributed by atoms with Crippen LogP contribution < -0.4 is 20.1 Å². The molecule has 1 unspecified atom stereocenters. The number of carbonyl (C=O) groups excluding carboxylic acids is 2. The van der Waals surface area contributed by atoms with Crippen LogP contribution in [0.3, 0.4) is 0 Å². The Bertz CT molecular complexity index is 1180. The summed E-state index contributed by atoms with van der Waals surface area (Å²) in [5.41, 5.74) is 1.71. The Hall–Kier alpha value is -3.98. The predicted molar refractivity (Wildman–Crippen MR) is 131 cm³/mol. The highest BCUT2D eigenvalue weighted by molar-refractivity contribution is 8.00. The minimum Gasteiger partial charge on any atom is -0.493 e. The number of anilines is 2. The van der Waals surface area contributed by atoms with Crippen molar-refractivity contribution < 1.29 is 29.0 Å². The van der Waals surface area contributed by atoms with Crippen molar-refractivity contribution in [2.45, 2.75) is 17.1 Å². The van der Waals surface area contributed by atoms with Gasteiger partial charge in [-0.25, -0.2) is 4.79 Å². The molecule has 0 heterocycles. The lowest BCUT2D eigenvalue weighted by Crippen LogP contribution is -2.22. The number of hydrogen-bond acceptors (Lipinski definition) is 6. The largest absolute Gasteiger partial charge is 0.493 e. The van der Waals surface area contributed by atoms with Gasteiger partial charge in [0, 0.05) is 21.8 Å². The van der Waals surface area contributed by atoms with Crippen molar-refractivity contribution in [2.24, 2.45) is 0 Å². The average Bonchev–Trinajstić information content (AvgIpc) is 2.84. The number of carboxylic acids is 1. The van der Waals surface area contributed by atoms with Crippen molar-refractivity contribution in [3.05, 3.63) is 77.9 Å². The molecule has 2 amide bonds. The van der Waals surface area contributed by atoms with Crippen molar-refractivity contribution in [2.75, 3.05) is 24.9 Å². The molecule has 0 radical (unpaired) electrons. The molecular weight excluding hydrogens is 456 g/mol. The highest BCUT2D eigenvalue weighted by atomic mass is 32.2. The number of methoxy groups -OCH3 is 2. The normalized spacial score (nSPS) is 11.3. The number of nitrogens with one attached hydrogen (secondary N) is 2. The highest BCUT2D eigenvalue weighted by Crippen LogP contribution is 2.29. The number of hydrogen-bond donors (Lipinski definition) is 3. The van der Waals surface area contributed by atoms with E-state index >= 15 is 0 Å². The van der Waals surface area contributed by atoms with E-state index in [2.05, 4.69) is 10.6 Å². The van der Waals surface area contributed by atoms with Gasteiger partial charge in [-0.05, 0) is 73.7 Å². The quantitative estimate of drug-likeness (QED) is 0.378. The maximum Gasteiger partial charge on any atom is 0.335 e. The van der Waals surface area contributed by atoms with Gasteiger partial charge in [-0.15, -0.1) is 11.8 Å². The lowest BCUT2D eigenvalue weighted by Gasteiger charge is -2.13. The number of thioether (sulfide) groups is 1. The van der Waals surface area contributed by atoms with Gasteiger partial charge in [0.25, 0.3) is 5.91 Å². The molecule has 3 aromatic rings. The van der Waals surface area contributed by atoms with Gasteiger partial charge in [-0.2, -0.15) is 0 Å². The third kappa shape index (κ3) is 6.29. The molecule has 0 saturated heterocycles. The summed E-state index contributed by atoms with van der Waals surface area (Å²) in [4.78, 5) is 36.8. The maximum absolute atomic E-state index is 12.6. The standard InChI is InChI=1S/C25H24N2O6S/c1-15(23(28)26-18-7-4-16(5-8-18)25(30)31)34-20-11-9-19(10-12-20)27-24(29)17-6-13-21(32-2)22(14-17)33-3/h4-15H,1-3H3,(H,26,28)(H,27,29)(H,30,31). The summed E-state index contributed by atoms with van der Waals surface area (Å²) >= 11 is 1.36. The van der Waals surface area contributed by atoms with Crippen LogP contribution in [0, 0.1) is 0 Å². The molecule has 0 aliphatic rings. The molecule has 34 heavy (non-hydrogen) atoms. The SMILES string of the molecule is COc1ccc(C(=O)Nc2ccc(SC(C)C(=O)Nc3ccc(C(=O)O)cc3)cc2)cc1OC. The first kappa shape index (κ1) is 24.7. The Morgan fingerprint density at radius 1 is 0.794 bits per heavy atom. The number of carboxylic acid groups (broad SMARTS) is 1. The molecular formula is C25H24N2O6S. The van der Waals surface area contributed by atoms with Crippen molar-refractivity contribution in [1.29, 1.82) is 0 Å². The van der Waals surface area contributed by atoms with Crippen LogP contribution in [0.1, 0.15) is 27.6 Å². The number of benzene rings is 3. The predicted octanol–water partition coefficient (Wildman–Crippen LogP) is 4.77. The Morgan fingerprint density at radius 3 is 1.94 bits per heavy atom. The lowest BCUT2D eigenvalue weighted by molar-refractivity contribution is -0.115. The van der Waals surface area contributed by atoms with Gasteiger partial charge >= 0.3 is 5.97 Å². The number of aromatic carboxylic acids is 1. The molecule has 0 bridgehead atoms. The first-order valence-corrected chi connectivity index (χ1v) is 11.1. The minimum absolute atomic E-state index is 0.152. The molecule has 8 nitrogen and oxygen atoms in total. The topological polar surface area (TPSA) is 114 Å². The molecule has 0 aliphatic carbocycles. The molecule has 0 aliphatic heterocycles. The van der Waals surface area contributed by atoms with Crippen LogP contribution in [0.5, 0.6) is 11.5 Å². The fourth-order valence-corrected chi connectivity index (χ4v) is 3.86. The van der Waals surface area contributed by atoms with Gasteiger partial charge in [0.05, 0.1) is 25.0 Å². The van der Waals surface area contributed by atoms with Crippen LogP contribution in [-0.4, -0.2) is 42.4 Å². The van der Waals surface area contributed by atoms with Crippen LogP contribution in [0.2, 0.25) is 0 Å². The first-order chi connectivity index (χ1) is 16.3. The van der Waals surface area contributed by atoms with E-state index in [1.807, 2.05) is 12.1 Å². The molecule has 1 atom stereocenters. The fourth-order valence-electron chi connectivity index (χ4n) is 3.00. The smallest absolute Gasteiger partial charge is 0.335 e. The third-order valence-electron chi connectivity index (χ3n) is 4.84. The van der Waals surface area contributed by atoms with Crippen molar-refractivity contribution in [3.8, 4) is 11.5 Å². The van der Waals surface area contributed by atoms with E-state index in [0.29, 0.717) is 28.4 Å². The molecule has 0 saturated carbocycles. The van der Waals surface area contributed by atoms with E-state index in [0.717, 1.165) is 4.90 Å². The monoisotopic (exact) mass is 480 g/mol. The molecule has 0 fully saturated rings. The summed E-state index contributed by atoms with van der Waals surface area (Å²) in [7, 11) is 3.03. The second-order valence-corrected chi connectivity index (χ2v) is 8.59. The van der Waals surface area contributed by atoms with Crippen LogP contribution in [-0.2, 0) is 4.79 Å². The van der Waals surface area contributed by atoms with E-state index < -0.39 is 11.2 Å². The van der Waals surface area contributed by atoms with E-state index in [4.69, 9.17) is 14.6 Å². The maximum atomic E-state index is 12.6. The molecule has 3 rings (SSSR count). The Labute approximate surface area is 201 Å². The summed E-state index contributed by atoms with van der Waals surface area (Å²) in [6.45, 7) is 1.78. The highest BCUT2D eigenvalue weighted by Gasteiger charge is 2.16. The van der Waals surface area contributed by atoms with Gasteiger partial charge < -0.3 is 25.2 Å². The summed E-state index contributed by atoms with van der Waals surface area (Å²) < 4.78 is 10.4. The minimum atomic E-state index is -1.02. The van der Waals surface area contributed by atoms with Crippen molar-refractivity contribution in [3.63, 3.8) is 0 Å². The summed E-state index contributed by atoms with van der Waals surface area (Å²) in [5, 5.41) is 14.2. The lowest BCUT2D eigenvalue weighted by atomic mass is 10.2. The Morgan fingerprint density at radius 2 is 1.35 bits per heavy atom. The van der Waals surface area contributed by atoms with Gasteiger partial charge in [0.1, 0.15) is 0 Å². The zero-order valence-corrected chi connectivity index (χ0v) is 19.6. The van der Waals surface area contributed by atoms with Crippen molar-refractivity contribution >= 4 is 40.9 Å². The number of amides is 2. The molecule has 3 N–H and O–H groups in total. The van der Waals surface area contributed by atoms with Crippen LogP contribution in [0.4, 0.5) is 11.4 Å². The summed E-state index contributed by atoms with van der Waals surface area (Å²) in [6.07, 6.45) is 0. The van der Waals surface area contributed by atoms with Gasteiger partial charge in [0.2, 0.25) is 5.91 Å². The second kappa shape index (κ2) is 11.2. The summed E-state index contributed by atoms with van der Waals surface area (Å²) in [6, 6.07) is 18.1. The zero-order valence-electron chi connectivity index (χ0n) is 18.8. The number of rotatable bonds is 9. The van der Waals surface area contributed by atoms with Gasteiger partial charge in [-0.1, -0.05) is 0 Å². The second-order valence-electron chi connectivity index (χ2n) is 7.18. The van der Waals surface area contributed by atoms with Gasteiger partial charge in [0.15, 0.2) is 11.5 Å². The Kier molecular flexibility index (Phi) is 8.15. The molecule has 0 spiro atoms. The Balaban J connectivity index is 1.57. The van der Waals surface area contributed by atoms with Crippen LogP contribution in [0.15, 0.2) is 71.6 Å². The number of ether oxygens (including phenoxy) is 2. The molecule has 0 aromatic heterocycles. The van der Waals surface area contributed by atoms with E-state index in [1.165, 1.54) is 38.1 Å². The summed E-state index contributed by atoms with van der Waals surface area (Å²) in [5.74, 6) is -0.519. The van der Waals surface area contributed by atoms with Crippen LogP contribution in [0.25, 0.3) is 0 Å². The molecule has 3 aromatic carbocycles. The third-order valence-corrected chi connectivity index (χ3v) is 5.95.